The van der Waals surface area contributed by atoms with Gasteiger partial charge in [0, 0.05) is 10.9 Å². The summed E-state index contributed by atoms with van der Waals surface area (Å²) in [5, 5.41) is 13.3. The van der Waals surface area contributed by atoms with E-state index in [-0.39, 0.29) is 0 Å². The van der Waals surface area contributed by atoms with Gasteiger partial charge in [-0.1, -0.05) is 164 Å². The van der Waals surface area contributed by atoms with Gasteiger partial charge < -0.3 is 0 Å². The zero-order valence-electron chi connectivity index (χ0n) is 33.0. The van der Waals surface area contributed by atoms with Gasteiger partial charge in [-0.2, -0.15) is 0 Å². The van der Waals surface area contributed by atoms with E-state index in [9.17, 15) is 0 Å². The van der Waals surface area contributed by atoms with Crippen LogP contribution in [0.2, 0.25) is 0 Å². The standard InChI is InChI=1S/C58H35N3/c1-4-14-39-31-44(24-21-36(39)11-1)55-47-17-7-8-18-48(47)56(45-25-22-37-12-2-5-15-40(37)32-45)51-34-42(27-29-49(51)55)43-28-30-50-53(35-43)60-57(46-26-23-38-13-3-6-16-41(38)33-46)61-54-20-10-9-19-52(54)59-58(50)61/h1-35H. The largest absolute Gasteiger partial charge is 0.276 e. The van der Waals surface area contributed by atoms with Crippen LogP contribution in [0.25, 0.3) is 126 Å². The normalized spacial score (nSPS) is 11.9. The van der Waals surface area contributed by atoms with Crippen molar-refractivity contribution in [2.45, 2.75) is 0 Å². The molecular weight excluding hydrogens is 739 g/mol. The van der Waals surface area contributed by atoms with E-state index in [1.165, 1.54) is 76.1 Å². The van der Waals surface area contributed by atoms with E-state index in [2.05, 4.69) is 217 Å². The molecule has 0 amide bonds. The molecule has 0 bridgehead atoms. The number of fused-ring (bicyclic) bond motifs is 10. The number of aromatic nitrogens is 3. The molecule has 0 aliphatic carbocycles. The quantitative estimate of drug-likeness (QED) is 0.167. The number of rotatable bonds is 4. The number of hydrogen-bond donors (Lipinski definition) is 0. The number of nitrogens with zero attached hydrogens (tertiary/aromatic N) is 3. The molecule has 0 N–H and O–H groups in total. The maximum atomic E-state index is 5.49. The lowest BCUT2D eigenvalue weighted by atomic mass is 9.84. The lowest BCUT2D eigenvalue weighted by Crippen LogP contribution is -1.98. The summed E-state index contributed by atoms with van der Waals surface area (Å²) in [6, 6.07) is 77.2. The fourth-order valence-corrected chi connectivity index (χ4v) is 9.77. The highest BCUT2D eigenvalue weighted by Crippen LogP contribution is 2.46. The van der Waals surface area contributed by atoms with E-state index in [4.69, 9.17) is 9.97 Å². The molecule has 0 unspecified atom stereocenters. The molecule has 282 valence electrons. The number of benzene rings is 11. The van der Waals surface area contributed by atoms with E-state index < -0.39 is 0 Å². The zero-order chi connectivity index (χ0) is 40.0. The van der Waals surface area contributed by atoms with Crippen LogP contribution >= 0.6 is 0 Å². The van der Waals surface area contributed by atoms with Crippen molar-refractivity contribution in [1.82, 2.24) is 14.4 Å². The number of para-hydroxylation sites is 2. The Bertz CT molecular complexity index is 3950. The van der Waals surface area contributed by atoms with E-state index in [0.29, 0.717) is 0 Å². The van der Waals surface area contributed by atoms with Crippen molar-refractivity contribution in [3.05, 3.63) is 212 Å². The summed E-state index contributed by atoms with van der Waals surface area (Å²) in [5.41, 5.74) is 12.0. The second-order valence-corrected chi connectivity index (χ2v) is 16.2. The van der Waals surface area contributed by atoms with Crippen molar-refractivity contribution in [3.63, 3.8) is 0 Å². The molecule has 2 aromatic heterocycles. The second kappa shape index (κ2) is 13.2. The molecule has 0 aliphatic rings. The van der Waals surface area contributed by atoms with Crippen LogP contribution in [-0.2, 0) is 0 Å². The van der Waals surface area contributed by atoms with Gasteiger partial charge in [0.2, 0.25) is 0 Å². The summed E-state index contributed by atoms with van der Waals surface area (Å²) < 4.78 is 2.23. The van der Waals surface area contributed by atoms with Gasteiger partial charge in [-0.25, -0.2) is 9.97 Å². The molecule has 0 fully saturated rings. The van der Waals surface area contributed by atoms with Crippen LogP contribution in [0.3, 0.4) is 0 Å². The summed E-state index contributed by atoms with van der Waals surface area (Å²) in [6.45, 7) is 0. The Morgan fingerprint density at radius 2 is 0.738 bits per heavy atom. The van der Waals surface area contributed by atoms with Crippen molar-refractivity contribution in [1.29, 1.82) is 0 Å². The molecule has 2 heterocycles. The number of hydrogen-bond acceptors (Lipinski definition) is 2. The maximum absolute atomic E-state index is 5.49. The Kier molecular flexibility index (Phi) is 7.31. The van der Waals surface area contributed by atoms with E-state index in [1.807, 2.05) is 0 Å². The lowest BCUT2D eigenvalue weighted by molar-refractivity contribution is 1.16. The average Bonchev–Trinajstić information content (AvgIpc) is 3.72. The maximum Gasteiger partial charge on any atom is 0.149 e. The fourth-order valence-electron chi connectivity index (χ4n) is 9.77. The van der Waals surface area contributed by atoms with Gasteiger partial charge in [-0.05, 0) is 136 Å². The summed E-state index contributed by atoms with van der Waals surface area (Å²) in [5.74, 6) is 0.878. The predicted molar refractivity (Wildman–Crippen MR) is 257 cm³/mol. The van der Waals surface area contributed by atoms with E-state index >= 15 is 0 Å². The first-order valence-corrected chi connectivity index (χ1v) is 20.9. The fraction of sp³-hybridized carbons (Fsp3) is 0. The van der Waals surface area contributed by atoms with Crippen LogP contribution in [0.1, 0.15) is 0 Å². The minimum absolute atomic E-state index is 0.878. The smallest absolute Gasteiger partial charge is 0.149 e. The highest BCUT2D eigenvalue weighted by molar-refractivity contribution is 6.22. The molecule has 13 rings (SSSR count). The van der Waals surface area contributed by atoms with Crippen molar-refractivity contribution < 1.29 is 0 Å². The molecule has 0 radical (unpaired) electrons. The van der Waals surface area contributed by atoms with E-state index in [1.54, 1.807) is 0 Å². The Morgan fingerprint density at radius 3 is 1.38 bits per heavy atom. The molecule has 0 saturated carbocycles. The minimum Gasteiger partial charge on any atom is -0.276 e. The van der Waals surface area contributed by atoms with Gasteiger partial charge in [0.15, 0.2) is 0 Å². The molecule has 0 aliphatic heterocycles. The van der Waals surface area contributed by atoms with Crippen molar-refractivity contribution in [2.75, 3.05) is 0 Å². The SMILES string of the molecule is c1ccc2cc(-c3c4ccccc4c(-c4ccc5ccccc5c4)c4cc(-c5ccc6c(c5)nc(-c5ccc7ccccc7c5)n5c7ccccc7nc65)ccc34)ccc2c1. The first-order chi connectivity index (χ1) is 30.2. The van der Waals surface area contributed by atoms with Gasteiger partial charge in [0.1, 0.15) is 11.5 Å². The van der Waals surface area contributed by atoms with Crippen LogP contribution in [0, 0.1) is 0 Å². The number of imidazole rings is 1. The Balaban J connectivity index is 1.08. The van der Waals surface area contributed by atoms with Crippen LogP contribution in [-0.4, -0.2) is 14.4 Å². The molecule has 3 nitrogen and oxygen atoms in total. The second-order valence-electron chi connectivity index (χ2n) is 16.2. The third-order valence-electron chi connectivity index (χ3n) is 12.7. The molecule has 61 heavy (non-hydrogen) atoms. The van der Waals surface area contributed by atoms with Gasteiger partial charge in [-0.3, -0.25) is 4.40 Å². The van der Waals surface area contributed by atoms with Crippen molar-refractivity contribution in [3.8, 4) is 44.8 Å². The highest BCUT2D eigenvalue weighted by atomic mass is 15.1. The third-order valence-corrected chi connectivity index (χ3v) is 12.7. The van der Waals surface area contributed by atoms with Gasteiger partial charge in [0.25, 0.3) is 0 Å². The molecule has 0 spiro atoms. The molecule has 13 aromatic rings. The van der Waals surface area contributed by atoms with Crippen LogP contribution in [0.15, 0.2) is 212 Å². The third kappa shape index (κ3) is 5.31. The molecule has 11 aromatic carbocycles. The topological polar surface area (TPSA) is 30.2 Å². The van der Waals surface area contributed by atoms with Gasteiger partial charge >= 0.3 is 0 Å². The Labute approximate surface area is 351 Å². The van der Waals surface area contributed by atoms with Gasteiger partial charge in [0.05, 0.1) is 16.6 Å². The summed E-state index contributed by atoms with van der Waals surface area (Å²) in [4.78, 5) is 10.7. The molecule has 0 saturated heterocycles. The zero-order valence-corrected chi connectivity index (χ0v) is 33.0. The van der Waals surface area contributed by atoms with Crippen LogP contribution in [0.4, 0.5) is 0 Å². The molecular formula is C58H35N3. The van der Waals surface area contributed by atoms with Crippen LogP contribution < -0.4 is 0 Å². The van der Waals surface area contributed by atoms with Crippen molar-refractivity contribution in [2.24, 2.45) is 0 Å². The summed E-state index contributed by atoms with van der Waals surface area (Å²) in [7, 11) is 0. The first kappa shape index (κ1) is 33.8. The average molecular weight is 774 g/mol. The minimum atomic E-state index is 0.878. The summed E-state index contributed by atoms with van der Waals surface area (Å²) >= 11 is 0. The lowest BCUT2D eigenvalue weighted by Gasteiger charge is -2.19. The first-order valence-electron chi connectivity index (χ1n) is 20.9. The Morgan fingerprint density at radius 1 is 0.279 bits per heavy atom. The Hall–Kier alpha value is -8.14. The van der Waals surface area contributed by atoms with Crippen molar-refractivity contribution >= 4 is 81.4 Å². The molecule has 0 atom stereocenters. The summed E-state index contributed by atoms with van der Waals surface area (Å²) in [6.07, 6.45) is 0. The highest BCUT2D eigenvalue weighted by Gasteiger charge is 2.20. The monoisotopic (exact) mass is 773 g/mol. The van der Waals surface area contributed by atoms with Gasteiger partial charge in [-0.15, -0.1) is 0 Å². The van der Waals surface area contributed by atoms with E-state index in [0.717, 1.165) is 50.1 Å². The predicted octanol–water partition coefficient (Wildman–Crippen LogP) is 15.5. The molecule has 3 heteroatoms. The van der Waals surface area contributed by atoms with Crippen LogP contribution in [0.5, 0.6) is 0 Å².